The van der Waals surface area contributed by atoms with Gasteiger partial charge in [0.2, 0.25) is 0 Å². The van der Waals surface area contributed by atoms with Gasteiger partial charge in [-0.15, -0.1) is 0 Å². The highest BCUT2D eigenvalue weighted by molar-refractivity contribution is 5.77. The van der Waals surface area contributed by atoms with E-state index >= 15 is 0 Å². The van der Waals surface area contributed by atoms with Gasteiger partial charge in [-0.3, -0.25) is 4.79 Å². The molecule has 0 saturated heterocycles. The van der Waals surface area contributed by atoms with Gasteiger partial charge in [0.25, 0.3) is 0 Å². The summed E-state index contributed by atoms with van der Waals surface area (Å²) >= 11 is 0. The Morgan fingerprint density at radius 2 is 1.50 bits per heavy atom. The number of hydrogen-bond donors (Lipinski definition) is 3. The Morgan fingerprint density at radius 3 is 2.15 bits per heavy atom. The molecule has 0 aliphatic heterocycles. The number of hydrogen-bond acceptors (Lipinski definition) is 3. The molecule has 3 N–H and O–H groups in total. The molecule has 0 aromatic heterocycles. The summed E-state index contributed by atoms with van der Waals surface area (Å²) < 4.78 is 0. The molecule has 192 valence electrons. The predicted octanol–water partition coefficient (Wildman–Crippen LogP) is 6.20. The van der Waals surface area contributed by atoms with Crippen LogP contribution in [-0.2, 0) is 4.79 Å². The maximum absolute atomic E-state index is 12.8. The lowest BCUT2D eigenvalue weighted by molar-refractivity contribution is -0.212. The minimum absolute atomic E-state index is 0.0756. The third-order valence-corrected chi connectivity index (χ3v) is 13.3. The summed E-state index contributed by atoms with van der Waals surface area (Å²) in [7, 11) is 0. The first-order valence-electron chi connectivity index (χ1n) is 13.9. The number of carboxylic acids is 1. The van der Waals surface area contributed by atoms with Gasteiger partial charge in [0.1, 0.15) is 0 Å². The van der Waals surface area contributed by atoms with Crippen molar-refractivity contribution in [3.05, 3.63) is 11.6 Å². The quantitative estimate of drug-likeness (QED) is 0.397. The van der Waals surface area contributed by atoms with Crippen LogP contribution in [0.3, 0.4) is 0 Å². The summed E-state index contributed by atoms with van der Waals surface area (Å²) in [6.45, 7) is 16.2. The SMILES string of the molecule is CC1(C)CCC2(C(=O)O)CCC3(C)C(=CCC4C5(C)CCC(O)C(C)(C)C5CCC43C)C2C1O. The summed E-state index contributed by atoms with van der Waals surface area (Å²) in [6.07, 6.45) is 9.70. The summed E-state index contributed by atoms with van der Waals surface area (Å²) in [5.41, 5.74) is 0.238. The van der Waals surface area contributed by atoms with Gasteiger partial charge < -0.3 is 15.3 Å². The van der Waals surface area contributed by atoms with Gasteiger partial charge >= 0.3 is 5.97 Å². The minimum atomic E-state index is -0.832. The highest BCUT2D eigenvalue weighted by Crippen LogP contribution is 2.75. The topological polar surface area (TPSA) is 77.8 Å². The van der Waals surface area contributed by atoms with E-state index in [1.54, 1.807) is 0 Å². The molecule has 5 aliphatic rings. The van der Waals surface area contributed by atoms with Crippen LogP contribution in [0, 0.1) is 50.2 Å². The highest BCUT2D eigenvalue weighted by Gasteiger charge is 2.70. The van der Waals surface area contributed by atoms with Crippen LogP contribution < -0.4 is 0 Å². The lowest BCUT2D eigenvalue weighted by Crippen LogP contribution is -2.66. The van der Waals surface area contributed by atoms with Crippen molar-refractivity contribution in [3.8, 4) is 0 Å². The summed E-state index contributed by atoms with van der Waals surface area (Å²) in [5.74, 6) is 0.0213. The van der Waals surface area contributed by atoms with E-state index in [9.17, 15) is 20.1 Å². The van der Waals surface area contributed by atoms with Crippen LogP contribution in [0.2, 0.25) is 0 Å². The van der Waals surface area contributed by atoms with Crippen LogP contribution in [0.1, 0.15) is 106 Å². The zero-order valence-electron chi connectivity index (χ0n) is 22.6. The third kappa shape index (κ3) is 2.76. The first-order chi connectivity index (χ1) is 15.6. The van der Waals surface area contributed by atoms with E-state index in [1.165, 1.54) is 5.57 Å². The van der Waals surface area contributed by atoms with E-state index in [2.05, 4.69) is 54.5 Å². The van der Waals surface area contributed by atoms with Crippen LogP contribution >= 0.6 is 0 Å². The first kappa shape index (κ1) is 24.8. The predicted molar refractivity (Wildman–Crippen MR) is 134 cm³/mol. The standard InChI is InChI=1S/C30H48O4/c1-25(2)14-16-30(24(33)34)17-15-28(6)18(22(30)23(25)32)8-9-20-27(5)12-11-21(31)26(3,4)19(27)10-13-29(20,28)7/h8,19-23,31-32H,9-17H2,1-7H3,(H,33,34). The van der Waals surface area contributed by atoms with E-state index in [1.807, 2.05) is 0 Å². The van der Waals surface area contributed by atoms with Crippen LogP contribution in [0.5, 0.6) is 0 Å². The second-order valence-corrected chi connectivity index (χ2v) is 15.0. The van der Waals surface area contributed by atoms with E-state index in [0.717, 1.165) is 44.9 Å². The molecule has 0 aromatic carbocycles. The molecular formula is C30H48O4. The molecule has 0 aromatic rings. The van der Waals surface area contributed by atoms with Gasteiger partial charge in [0.05, 0.1) is 17.6 Å². The fourth-order valence-corrected chi connectivity index (χ4v) is 10.6. The van der Waals surface area contributed by atoms with Gasteiger partial charge in [-0.05, 0) is 96.7 Å². The zero-order chi connectivity index (χ0) is 25.1. The molecular weight excluding hydrogens is 424 g/mol. The highest BCUT2D eigenvalue weighted by atomic mass is 16.4. The molecule has 9 atom stereocenters. The fourth-order valence-electron chi connectivity index (χ4n) is 10.6. The van der Waals surface area contributed by atoms with Crippen molar-refractivity contribution in [3.63, 3.8) is 0 Å². The monoisotopic (exact) mass is 472 g/mol. The molecule has 0 spiro atoms. The second kappa shape index (κ2) is 7.12. The molecule has 4 heteroatoms. The van der Waals surface area contributed by atoms with Gasteiger partial charge in [0.15, 0.2) is 0 Å². The Bertz CT molecular complexity index is 919. The van der Waals surface area contributed by atoms with Crippen molar-refractivity contribution in [2.45, 2.75) is 118 Å². The number of carboxylic acid groups (broad SMARTS) is 1. The van der Waals surface area contributed by atoms with Crippen molar-refractivity contribution in [1.29, 1.82) is 0 Å². The average molecular weight is 473 g/mol. The van der Waals surface area contributed by atoms with E-state index < -0.39 is 17.5 Å². The van der Waals surface area contributed by atoms with Crippen LogP contribution in [0.25, 0.3) is 0 Å². The molecule has 0 heterocycles. The summed E-state index contributed by atoms with van der Waals surface area (Å²) in [6, 6.07) is 0. The second-order valence-electron chi connectivity index (χ2n) is 15.0. The molecule has 4 nitrogen and oxygen atoms in total. The van der Waals surface area contributed by atoms with Crippen molar-refractivity contribution < 1.29 is 20.1 Å². The van der Waals surface area contributed by atoms with Crippen LogP contribution in [0.15, 0.2) is 11.6 Å². The van der Waals surface area contributed by atoms with Gasteiger partial charge in [0, 0.05) is 5.92 Å². The lowest BCUT2D eigenvalue weighted by atomic mass is 9.33. The normalized spacial score (nSPS) is 53.4. The Morgan fingerprint density at radius 1 is 0.853 bits per heavy atom. The number of aliphatic carboxylic acids is 1. The van der Waals surface area contributed by atoms with E-state index in [0.29, 0.717) is 24.7 Å². The molecule has 4 fully saturated rings. The maximum Gasteiger partial charge on any atom is 0.310 e. The molecule has 34 heavy (non-hydrogen) atoms. The Balaban J connectivity index is 1.62. The van der Waals surface area contributed by atoms with Gasteiger partial charge in [-0.25, -0.2) is 0 Å². The average Bonchev–Trinajstić information content (AvgIpc) is 2.74. The number of carbonyl (C=O) groups is 1. The number of allylic oxidation sites excluding steroid dienone is 1. The smallest absolute Gasteiger partial charge is 0.310 e. The molecule has 5 rings (SSSR count). The van der Waals surface area contributed by atoms with Crippen LogP contribution in [-0.4, -0.2) is 33.5 Å². The Labute approximate surface area is 206 Å². The maximum atomic E-state index is 12.8. The summed E-state index contributed by atoms with van der Waals surface area (Å²) in [4.78, 5) is 12.8. The third-order valence-electron chi connectivity index (χ3n) is 13.3. The van der Waals surface area contributed by atoms with Crippen molar-refractivity contribution in [1.82, 2.24) is 0 Å². The molecule has 0 bridgehead atoms. The van der Waals surface area contributed by atoms with E-state index in [-0.39, 0.29) is 39.1 Å². The number of aliphatic hydroxyl groups excluding tert-OH is 2. The largest absolute Gasteiger partial charge is 0.481 e. The summed E-state index contributed by atoms with van der Waals surface area (Å²) in [5, 5.41) is 33.1. The zero-order valence-corrected chi connectivity index (χ0v) is 22.6. The first-order valence-corrected chi connectivity index (χ1v) is 13.9. The van der Waals surface area contributed by atoms with Gasteiger partial charge in [-0.1, -0.05) is 60.1 Å². The molecule has 0 amide bonds. The molecule has 0 radical (unpaired) electrons. The molecule has 5 aliphatic carbocycles. The van der Waals surface area contributed by atoms with Crippen molar-refractivity contribution in [2.24, 2.45) is 50.2 Å². The number of aliphatic hydroxyl groups is 2. The van der Waals surface area contributed by atoms with Gasteiger partial charge in [-0.2, -0.15) is 0 Å². The van der Waals surface area contributed by atoms with Crippen molar-refractivity contribution in [2.75, 3.05) is 0 Å². The number of fused-ring (bicyclic) bond motifs is 7. The van der Waals surface area contributed by atoms with E-state index in [4.69, 9.17) is 0 Å². The number of rotatable bonds is 1. The minimum Gasteiger partial charge on any atom is -0.481 e. The Hall–Kier alpha value is -0.870. The molecule has 4 saturated carbocycles. The van der Waals surface area contributed by atoms with Crippen LogP contribution in [0.4, 0.5) is 0 Å². The fraction of sp³-hybridized carbons (Fsp3) is 0.900. The molecule has 9 unspecified atom stereocenters. The van der Waals surface area contributed by atoms with Crippen molar-refractivity contribution >= 4 is 5.97 Å². The lowest BCUT2D eigenvalue weighted by Gasteiger charge is -2.71. The Kier molecular flexibility index (Phi) is 5.20.